The summed E-state index contributed by atoms with van der Waals surface area (Å²) in [5.74, 6) is -1.33. The van der Waals surface area contributed by atoms with Crippen LogP contribution in [0, 0.1) is 0 Å². The van der Waals surface area contributed by atoms with E-state index in [0.717, 1.165) is 5.56 Å². The van der Waals surface area contributed by atoms with Gasteiger partial charge in [0, 0.05) is 11.3 Å². The van der Waals surface area contributed by atoms with E-state index in [0.29, 0.717) is 16.8 Å². The third kappa shape index (κ3) is 4.24. The molecular weight excluding hydrogens is 326 g/mol. The average Bonchev–Trinajstić information content (AvgIpc) is 2.68. The Morgan fingerprint density at radius 2 is 1.46 bits per heavy atom. The zero-order chi connectivity index (χ0) is 18.4. The summed E-state index contributed by atoms with van der Waals surface area (Å²) in [5.41, 5.74) is 2.62. The summed E-state index contributed by atoms with van der Waals surface area (Å²) >= 11 is 0. The molecule has 0 bridgehead atoms. The molecule has 4 heteroatoms. The minimum atomic E-state index is -1.05. The second kappa shape index (κ2) is 7.94. The van der Waals surface area contributed by atoms with Crippen LogP contribution in [0.2, 0.25) is 0 Å². The van der Waals surface area contributed by atoms with Crippen LogP contribution in [0.15, 0.2) is 78.9 Å². The first-order valence-electron chi connectivity index (χ1n) is 8.10. The van der Waals surface area contributed by atoms with E-state index in [-0.39, 0.29) is 11.5 Å². The Labute approximate surface area is 151 Å². The summed E-state index contributed by atoms with van der Waals surface area (Å²) < 4.78 is 0. The summed E-state index contributed by atoms with van der Waals surface area (Å²) in [7, 11) is 0. The fraction of sp³-hybridized carbons (Fsp3) is 0. The number of carbonyl (C=O) groups is 2. The molecule has 0 aliphatic rings. The van der Waals surface area contributed by atoms with E-state index in [9.17, 15) is 14.7 Å². The van der Waals surface area contributed by atoms with Gasteiger partial charge in [-0.25, -0.2) is 4.79 Å². The van der Waals surface area contributed by atoms with Crippen molar-refractivity contribution >= 4 is 29.7 Å². The molecule has 4 nitrogen and oxygen atoms in total. The Hall–Kier alpha value is -3.66. The molecule has 3 aromatic rings. The molecule has 26 heavy (non-hydrogen) atoms. The number of benzene rings is 3. The van der Waals surface area contributed by atoms with Crippen molar-refractivity contribution in [2.24, 2.45) is 0 Å². The molecule has 2 N–H and O–H groups in total. The average molecular weight is 343 g/mol. The first-order chi connectivity index (χ1) is 12.6. The maximum Gasteiger partial charge on any atom is 0.336 e. The molecule has 0 fully saturated rings. The highest BCUT2D eigenvalue weighted by Gasteiger charge is 2.11. The Balaban J connectivity index is 1.84. The van der Waals surface area contributed by atoms with Crippen LogP contribution in [0.25, 0.3) is 12.2 Å². The smallest absolute Gasteiger partial charge is 0.336 e. The number of anilines is 1. The Bertz CT molecular complexity index is 948. The summed E-state index contributed by atoms with van der Waals surface area (Å²) in [6.45, 7) is 0. The molecule has 0 spiro atoms. The van der Waals surface area contributed by atoms with Crippen molar-refractivity contribution in [1.29, 1.82) is 0 Å². The third-order valence-corrected chi connectivity index (χ3v) is 3.83. The number of hydrogen-bond donors (Lipinski definition) is 2. The van der Waals surface area contributed by atoms with Gasteiger partial charge >= 0.3 is 5.97 Å². The molecule has 0 unspecified atom stereocenters. The number of rotatable bonds is 5. The van der Waals surface area contributed by atoms with Crippen LogP contribution >= 0.6 is 0 Å². The largest absolute Gasteiger partial charge is 0.478 e. The van der Waals surface area contributed by atoms with Gasteiger partial charge in [0.05, 0.1) is 5.56 Å². The molecule has 3 aromatic carbocycles. The van der Waals surface area contributed by atoms with Crippen molar-refractivity contribution in [3.63, 3.8) is 0 Å². The first kappa shape index (κ1) is 17.2. The molecule has 0 saturated heterocycles. The highest BCUT2D eigenvalue weighted by Crippen LogP contribution is 2.19. The van der Waals surface area contributed by atoms with Crippen LogP contribution in [-0.4, -0.2) is 17.0 Å². The Kier molecular flexibility index (Phi) is 5.25. The van der Waals surface area contributed by atoms with E-state index < -0.39 is 5.97 Å². The Morgan fingerprint density at radius 1 is 0.808 bits per heavy atom. The van der Waals surface area contributed by atoms with E-state index in [4.69, 9.17) is 0 Å². The monoisotopic (exact) mass is 343 g/mol. The zero-order valence-corrected chi connectivity index (χ0v) is 13.9. The highest BCUT2D eigenvalue weighted by molar-refractivity contribution is 6.05. The SMILES string of the molecule is O=C(Nc1ccc(C=Cc2ccccc2)c(C(=O)O)c1)c1ccccc1. The van der Waals surface area contributed by atoms with Crippen molar-refractivity contribution in [2.45, 2.75) is 0 Å². The number of aromatic carboxylic acids is 1. The Morgan fingerprint density at radius 3 is 2.12 bits per heavy atom. The number of amides is 1. The van der Waals surface area contributed by atoms with Gasteiger partial charge in [0.25, 0.3) is 5.91 Å². The number of nitrogens with one attached hydrogen (secondary N) is 1. The quantitative estimate of drug-likeness (QED) is 0.654. The van der Waals surface area contributed by atoms with Gasteiger partial charge in [-0.2, -0.15) is 0 Å². The molecule has 0 saturated carbocycles. The maximum atomic E-state index is 12.2. The van der Waals surface area contributed by atoms with E-state index in [1.165, 1.54) is 6.07 Å². The van der Waals surface area contributed by atoms with Crippen LogP contribution in [0.3, 0.4) is 0 Å². The molecule has 3 rings (SSSR count). The predicted molar refractivity (Wildman–Crippen MR) is 103 cm³/mol. The number of carbonyl (C=O) groups excluding carboxylic acids is 1. The summed E-state index contributed by atoms with van der Waals surface area (Å²) in [5, 5.41) is 12.2. The lowest BCUT2D eigenvalue weighted by atomic mass is 10.0. The van der Waals surface area contributed by atoms with Crippen molar-refractivity contribution in [2.75, 3.05) is 5.32 Å². The standard InChI is InChI=1S/C22H17NO3/c24-21(18-9-5-2-6-10-18)23-19-14-13-17(20(15-19)22(25)26)12-11-16-7-3-1-4-8-16/h1-15H,(H,23,24)(H,25,26). The van der Waals surface area contributed by atoms with Crippen molar-refractivity contribution < 1.29 is 14.7 Å². The number of carboxylic acid groups (broad SMARTS) is 1. The lowest BCUT2D eigenvalue weighted by molar-refractivity contribution is 0.0696. The second-order valence-corrected chi connectivity index (χ2v) is 5.67. The minimum absolute atomic E-state index is 0.128. The zero-order valence-electron chi connectivity index (χ0n) is 13.9. The van der Waals surface area contributed by atoms with Crippen LogP contribution in [-0.2, 0) is 0 Å². The van der Waals surface area contributed by atoms with Crippen LogP contribution in [0.1, 0.15) is 31.8 Å². The van der Waals surface area contributed by atoms with Gasteiger partial charge < -0.3 is 10.4 Å². The minimum Gasteiger partial charge on any atom is -0.478 e. The van der Waals surface area contributed by atoms with Gasteiger partial charge in [0.2, 0.25) is 0 Å². The van der Waals surface area contributed by atoms with Gasteiger partial charge in [0.1, 0.15) is 0 Å². The van der Waals surface area contributed by atoms with E-state index in [1.54, 1.807) is 42.5 Å². The van der Waals surface area contributed by atoms with Gasteiger partial charge in [-0.1, -0.05) is 66.7 Å². The number of carboxylic acids is 1. The molecule has 0 aliphatic carbocycles. The third-order valence-electron chi connectivity index (χ3n) is 3.83. The van der Waals surface area contributed by atoms with Crippen LogP contribution < -0.4 is 5.32 Å². The lowest BCUT2D eigenvalue weighted by Crippen LogP contribution is -2.12. The van der Waals surface area contributed by atoms with Gasteiger partial charge in [-0.3, -0.25) is 4.79 Å². The molecule has 0 aliphatic heterocycles. The second-order valence-electron chi connectivity index (χ2n) is 5.67. The van der Waals surface area contributed by atoms with Crippen molar-refractivity contribution in [3.05, 3.63) is 101 Å². The molecule has 128 valence electrons. The summed E-state index contributed by atoms with van der Waals surface area (Å²) in [6.07, 6.45) is 3.60. The lowest BCUT2D eigenvalue weighted by Gasteiger charge is -2.08. The molecular formula is C22H17NO3. The summed E-state index contributed by atoms with van der Waals surface area (Å²) in [6, 6.07) is 23.2. The molecule has 0 heterocycles. The molecule has 0 radical (unpaired) electrons. The van der Waals surface area contributed by atoms with Crippen LogP contribution in [0.4, 0.5) is 5.69 Å². The normalized spacial score (nSPS) is 10.6. The highest BCUT2D eigenvalue weighted by atomic mass is 16.4. The molecule has 0 aromatic heterocycles. The summed E-state index contributed by atoms with van der Waals surface area (Å²) in [4.78, 5) is 23.8. The fourth-order valence-corrected chi connectivity index (χ4v) is 2.51. The van der Waals surface area contributed by atoms with Gasteiger partial charge in [0.15, 0.2) is 0 Å². The van der Waals surface area contributed by atoms with E-state index in [1.807, 2.05) is 42.5 Å². The number of hydrogen-bond acceptors (Lipinski definition) is 2. The van der Waals surface area contributed by atoms with Gasteiger partial charge in [-0.15, -0.1) is 0 Å². The molecule has 1 amide bonds. The maximum absolute atomic E-state index is 12.2. The molecule has 0 atom stereocenters. The van der Waals surface area contributed by atoms with E-state index >= 15 is 0 Å². The first-order valence-corrected chi connectivity index (χ1v) is 8.10. The van der Waals surface area contributed by atoms with Crippen molar-refractivity contribution in [1.82, 2.24) is 0 Å². The van der Waals surface area contributed by atoms with Crippen molar-refractivity contribution in [3.8, 4) is 0 Å². The van der Waals surface area contributed by atoms with Gasteiger partial charge in [-0.05, 0) is 35.4 Å². The topological polar surface area (TPSA) is 66.4 Å². The fourth-order valence-electron chi connectivity index (χ4n) is 2.51. The predicted octanol–water partition coefficient (Wildman–Crippen LogP) is 4.81. The van der Waals surface area contributed by atoms with E-state index in [2.05, 4.69) is 5.32 Å². The van der Waals surface area contributed by atoms with Crippen LogP contribution in [0.5, 0.6) is 0 Å².